The SMILES string of the molecule is O=C(C1[C@H]2CCCC[C@H]12)N(CCN(Cc1ccccc1)C(=O)C1[C@@H]2CCCC[C@@H]12)Cc1ccccc1. The molecule has 0 heterocycles. The molecular formula is C32H40N2O2. The maximum atomic E-state index is 13.8. The minimum Gasteiger partial charge on any atom is -0.336 e. The number of benzene rings is 2. The fourth-order valence-electron chi connectivity index (χ4n) is 7.52. The summed E-state index contributed by atoms with van der Waals surface area (Å²) in [5, 5.41) is 0. The highest BCUT2D eigenvalue weighted by molar-refractivity contribution is 5.83. The number of hydrogen-bond donors (Lipinski definition) is 0. The predicted octanol–water partition coefficient (Wildman–Crippen LogP) is 5.92. The Balaban J connectivity index is 1.18. The third-order valence-corrected chi connectivity index (χ3v) is 9.58. The average molecular weight is 485 g/mol. The largest absolute Gasteiger partial charge is 0.336 e. The Labute approximate surface area is 216 Å². The van der Waals surface area contributed by atoms with Crippen molar-refractivity contribution in [2.45, 2.75) is 64.5 Å². The van der Waals surface area contributed by atoms with Gasteiger partial charge in [0.15, 0.2) is 0 Å². The first-order valence-corrected chi connectivity index (χ1v) is 14.4. The highest BCUT2D eigenvalue weighted by Gasteiger charge is 2.57. The summed E-state index contributed by atoms with van der Waals surface area (Å²) in [6, 6.07) is 20.7. The summed E-state index contributed by atoms with van der Waals surface area (Å²) < 4.78 is 0. The Kier molecular flexibility index (Phi) is 6.86. The summed E-state index contributed by atoms with van der Waals surface area (Å²) in [6.07, 6.45) is 9.93. The van der Waals surface area contributed by atoms with E-state index in [1.165, 1.54) is 62.5 Å². The molecule has 0 aromatic heterocycles. The average Bonchev–Trinajstić information content (AvgIpc) is 3.83. The Morgan fingerprint density at radius 3 is 1.22 bits per heavy atom. The molecule has 4 aliphatic rings. The summed E-state index contributed by atoms with van der Waals surface area (Å²) in [5.41, 5.74) is 2.34. The van der Waals surface area contributed by atoms with Crippen LogP contribution in [0.15, 0.2) is 60.7 Å². The molecule has 0 spiro atoms. The van der Waals surface area contributed by atoms with Crippen LogP contribution in [-0.2, 0) is 22.7 Å². The van der Waals surface area contributed by atoms with Crippen LogP contribution in [0.2, 0.25) is 0 Å². The Morgan fingerprint density at radius 1 is 0.556 bits per heavy atom. The maximum absolute atomic E-state index is 13.8. The van der Waals surface area contributed by atoms with Crippen molar-refractivity contribution < 1.29 is 9.59 Å². The molecule has 0 bridgehead atoms. The van der Waals surface area contributed by atoms with Gasteiger partial charge < -0.3 is 9.80 Å². The van der Waals surface area contributed by atoms with E-state index in [4.69, 9.17) is 0 Å². The molecule has 0 radical (unpaired) electrons. The van der Waals surface area contributed by atoms with Crippen molar-refractivity contribution in [3.8, 4) is 0 Å². The number of carbonyl (C=O) groups is 2. The van der Waals surface area contributed by atoms with Gasteiger partial charge in [-0.2, -0.15) is 0 Å². The van der Waals surface area contributed by atoms with Crippen LogP contribution in [0.4, 0.5) is 0 Å². The highest BCUT2D eigenvalue weighted by atomic mass is 16.2. The van der Waals surface area contributed by atoms with E-state index in [0.29, 0.717) is 61.7 Å². The second-order valence-corrected chi connectivity index (χ2v) is 11.8. The van der Waals surface area contributed by atoms with Gasteiger partial charge in [0.2, 0.25) is 11.8 Å². The molecule has 0 saturated heterocycles. The second kappa shape index (κ2) is 10.4. The van der Waals surface area contributed by atoms with Gasteiger partial charge in [-0.3, -0.25) is 9.59 Å². The van der Waals surface area contributed by atoms with Gasteiger partial charge in [-0.05, 0) is 60.5 Å². The predicted molar refractivity (Wildman–Crippen MR) is 142 cm³/mol. The molecule has 4 nitrogen and oxygen atoms in total. The lowest BCUT2D eigenvalue weighted by molar-refractivity contribution is -0.138. The minimum absolute atomic E-state index is 0.209. The Hall–Kier alpha value is -2.62. The lowest BCUT2D eigenvalue weighted by Gasteiger charge is -2.29. The molecule has 4 aliphatic carbocycles. The van der Waals surface area contributed by atoms with E-state index in [-0.39, 0.29) is 11.8 Å². The van der Waals surface area contributed by atoms with Crippen molar-refractivity contribution in [1.29, 1.82) is 0 Å². The normalized spacial score (nSPS) is 30.0. The van der Waals surface area contributed by atoms with E-state index in [0.717, 1.165) is 0 Å². The summed E-state index contributed by atoms with van der Waals surface area (Å²) in [5.74, 6) is 3.46. The molecule has 0 aliphatic heterocycles. The van der Waals surface area contributed by atoms with Crippen molar-refractivity contribution in [3.63, 3.8) is 0 Å². The summed E-state index contributed by atoms with van der Waals surface area (Å²) in [6.45, 7) is 2.50. The number of rotatable bonds is 9. The molecule has 2 aromatic rings. The lowest BCUT2D eigenvalue weighted by atomic mass is 10.0. The fourth-order valence-corrected chi connectivity index (χ4v) is 7.52. The molecule has 190 valence electrons. The first kappa shape index (κ1) is 23.8. The van der Waals surface area contributed by atoms with Crippen molar-refractivity contribution in [3.05, 3.63) is 71.8 Å². The molecule has 4 saturated carbocycles. The number of carbonyl (C=O) groups excluding carboxylic acids is 2. The zero-order chi connectivity index (χ0) is 24.5. The van der Waals surface area contributed by atoms with Crippen molar-refractivity contribution in [1.82, 2.24) is 9.80 Å². The summed E-state index contributed by atoms with van der Waals surface area (Å²) in [4.78, 5) is 31.7. The monoisotopic (exact) mass is 484 g/mol. The van der Waals surface area contributed by atoms with Gasteiger partial charge in [0, 0.05) is 38.0 Å². The smallest absolute Gasteiger partial charge is 0.226 e. The van der Waals surface area contributed by atoms with Crippen LogP contribution in [-0.4, -0.2) is 34.7 Å². The van der Waals surface area contributed by atoms with Crippen molar-refractivity contribution in [2.75, 3.05) is 13.1 Å². The Bertz CT molecular complexity index is 945. The lowest BCUT2D eigenvalue weighted by Crippen LogP contribution is -2.42. The molecule has 36 heavy (non-hydrogen) atoms. The zero-order valence-corrected chi connectivity index (χ0v) is 21.4. The third kappa shape index (κ3) is 4.96. The second-order valence-electron chi connectivity index (χ2n) is 11.8. The van der Waals surface area contributed by atoms with Crippen molar-refractivity contribution in [2.24, 2.45) is 35.5 Å². The maximum Gasteiger partial charge on any atom is 0.226 e. The number of amides is 2. The summed E-state index contributed by atoms with van der Waals surface area (Å²) in [7, 11) is 0. The fraction of sp³-hybridized carbons (Fsp3) is 0.562. The van der Waals surface area contributed by atoms with Gasteiger partial charge in [-0.25, -0.2) is 0 Å². The standard InChI is InChI=1S/C32H40N2O2/c35-31(29-25-15-7-8-16-26(25)29)33(21-23-11-3-1-4-12-23)19-20-34(22-24-13-5-2-6-14-24)32(36)30-27-17-9-10-18-28(27)30/h1-6,11-14,25-30H,7-10,15-22H2/t25-,26-,27+,28+. The molecule has 4 atom stereocenters. The third-order valence-electron chi connectivity index (χ3n) is 9.58. The van der Waals surface area contributed by atoms with Gasteiger partial charge >= 0.3 is 0 Å². The summed E-state index contributed by atoms with van der Waals surface area (Å²) >= 11 is 0. The van der Waals surface area contributed by atoms with E-state index >= 15 is 0 Å². The molecule has 2 aromatic carbocycles. The van der Waals surface area contributed by atoms with E-state index < -0.39 is 0 Å². The molecule has 2 amide bonds. The van der Waals surface area contributed by atoms with Gasteiger partial charge in [-0.1, -0.05) is 86.3 Å². The molecule has 4 fully saturated rings. The van der Waals surface area contributed by atoms with Crippen molar-refractivity contribution >= 4 is 11.8 Å². The van der Waals surface area contributed by atoms with Crippen LogP contribution in [0.1, 0.15) is 62.5 Å². The minimum atomic E-state index is 0.209. The molecule has 0 unspecified atom stereocenters. The first-order chi connectivity index (χ1) is 17.7. The van der Waals surface area contributed by atoms with Crippen LogP contribution < -0.4 is 0 Å². The van der Waals surface area contributed by atoms with Crippen LogP contribution in [0.25, 0.3) is 0 Å². The molecule has 4 heteroatoms. The van der Waals surface area contributed by atoms with Gasteiger partial charge in [0.05, 0.1) is 0 Å². The molecule has 0 N–H and O–H groups in total. The zero-order valence-electron chi connectivity index (χ0n) is 21.4. The van der Waals surface area contributed by atoms with Gasteiger partial charge in [0.25, 0.3) is 0 Å². The molecule has 6 rings (SSSR count). The van der Waals surface area contributed by atoms with E-state index in [2.05, 4.69) is 58.3 Å². The van der Waals surface area contributed by atoms with Gasteiger partial charge in [-0.15, -0.1) is 0 Å². The van der Waals surface area contributed by atoms with E-state index in [1.807, 2.05) is 12.1 Å². The number of fused-ring (bicyclic) bond motifs is 2. The first-order valence-electron chi connectivity index (χ1n) is 14.4. The van der Waals surface area contributed by atoms with Crippen LogP contribution >= 0.6 is 0 Å². The van der Waals surface area contributed by atoms with Gasteiger partial charge in [0.1, 0.15) is 0 Å². The number of nitrogens with zero attached hydrogens (tertiary/aromatic N) is 2. The van der Waals surface area contributed by atoms with E-state index in [1.54, 1.807) is 0 Å². The van der Waals surface area contributed by atoms with Crippen LogP contribution in [0.5, 0.6) is 0 Å². The Morgan fingerprint density at radius 2 is 0.889 bits per heavy atom. The topological polar surface area (TPSA) is 40.6 Å². The number of hydrogen-bond acceptors (Lipinski definition) is 2. The molecular weight excluding hydrogens is 444 g/mol. The van der Waals surface area contributed by atoms with Crippen LogP contribution in [0, 0.1) is 35.5 Å². The van der Waals surface area contributed by atoms with E-state index in [9.17, 15) is 9.59 Å². The highest BCUT2D eigenvalue weighted by Crippen LogP contribution is 2.57. The van der Waals surface area contributed by atoms with Crippen LogP contribution in [0.3, 0.4) is 0 Å². The quantitative estimate of drug-likeness (QED) is 0.443.